The minimum absolute atomic E-state index is 1.03. The van der Waals surface area contributed by atoms with E-state index in [2.05, 4.69) is 31.0 Å². The highest BCUT2D eigenvalue weighted by Gasteiger charge is 1.89. The van der Waals surface area contributed by atoms with Crippen molar-refractivity contribution in [2.75, 3.05) is 13.1 Å². The summed E-state index contributed by atoms with van der Waals surface area (Å²) in [6.07, 6.45) is 18.4. The van der Waals surface area contributed by atoms with Crippen LogP contribution < -0.4 is 5.32 Å². The van der Waals surface area contributed by atoms with Gasteiger partial charge in [0.05, 0.1) is 0 Å². The molecular formula is C16H31N. The summed E-state index contributed by atoms with van der Waals surface area (Å²) in [5, 5.41) is 3.46. The third kappa shape index (κ3) is 15.4. The predicted octanol–water partition coefficient (Wildman–Crippen LogP) is 4.85. The van der Waals surface area contributed by atoms with Gasteiger partial charge in [-0.2, -0.15) is 0 Å². The second-order valence-corrected chi connectivity index (χ2v) is 4.66. The minimum Gasteiger partial charge on any atom is -0.313 e. The summed E-state index contributed by atoms with van der Waals surface area (Å²) in [7, 11) is 0. The SMILES string of the molecule is C=CCCCC=CCNCCCCCCCC. The molecule has 0 aliphatic rings. The highest BCUT2D eigenvalue weighted by molar-refractivity contribution is 4.84. The van der Waals surface area contributed by atoms with Crippen LogP contribution in [-0.4, -0.2) is 13.1 Å². The Morgan fingerprint density at radius 1 is 0.882 bits per heavy atom. The van der Waals surface area contributed by atoms with Crippen molar-refractivity contribution in [3.63, 3.8) is 0 Å². The smallest absolute Gasteiger partial charge is 0.0134 e. The van der Waals surface area contributed by atoms with Gasteiger partial charge in [0, 0.05) is 6.54 Å². The van der Waals surface area contributed by atoms with Crippen molar-refractivity contribution >= 4 is 0 Å². The molecule has 100 valence electrons. The molecule has 0 saturated heterocycles. The van der Waals surface area contributed by atoms with Crippen LogP contribution in [0.1, 0.15) is 64.7 Å². The number of rotatable bonds is 13. The van der Waals surface area contributed by atoms with E-state index in [4.69, 9.17) is 0 Å². The first-order valence-corrected chi connectivity index (χ1v) is 7.38. The topological polar surface area (TPSA) is 12.0 Å². The van der Waals surface area contributed by atoms with Crippen LogP contribution in [-0.2, 0) is 0 Å². The van der Waals surface area contributed by atoms with Gasteiger partial charge >= 0.3 is 0 Å². The Labute approximate surface area is 108 Å². The van der Waals surface area contributed by atoms with Gasteiger partial charge in [-0.05, 0) is 32.2 Å². The van der Waals surface area contributed by atoms with Crippen molar-refractivity contribution in [3.8, 4) is 0 Å². The molecule has 0 aromatic carbocycles. The lowest BCUT2D eigenvalue weighted by atomic mass is 10.1. The fraction of sp³-hybridized carbons (Fsp3) is 0.750. The van der Waals surface area contributed by atoms with Crippen molar-refractivity contribution in [1.29, 1.82) is 0 Å². The highest BCUT2D eigenvalue weighted by Crippen LogP contribution is 2.03. The lowest BCUT2D eigenvalue weighted by Crippen LogP contribution is -2.14. The standard InChI is InChI=1S/C16H31N/c1-3-5-7-9-11-13-15-17-16-14-12-10-8-6-4-2/h3,11,13,17H,1,4-10,12,14-16H2,2H3. The number of hydrogen-bond donors (Lipinski definition) is 1. The monoisotopic (exact) mass is 237 g/mol. The number of unbranched alkanes of at least 4 members (excludes halogenated alkanes) is 7. The molecule has 0 fully saturated rings. The third-order valence-corrected chi connectivity index (χ3v) is 2.92. The lowest BCUT2D eigenvalue weighted by molar-refractivity contribution is 0.585. The van der Waals surface area contributed by atoms with E-state index in [-0.39, 0.29) is 0 Å². The van der Waals surface area contributed by atoms with Crippen LogP contribution in [0.4, 0.5) is 0 Å². The maximum Gasteiger partial charge on any atom is 0.0134 e. The lowest BCUT2D eigenvalue weighted by Gasteiger charge is -2.01. The van der Waals surface area contributed by atoms with Gasteiger partial charge < -0.3 is 5.32 Å². The number of nitrogens with one attached hydrogen (secondary N) is 1. The summed E-state index contributed by atoms with van der Waals surface area (Å²) in [5.74, 6) is 0. The molecule has 0 heterocycles. The van der Waals surface area contributed by atoms with E-state index in [1.807, 2.05) is 6.08 Å². The van der Waals surface area contributed by atoms with Crippen LogP contribution in [0, 0.1) is 0 Å². The zero-order valence-electron chi connectivity index (χ0n) is 11.7. The molecule has 17 heavy (non-hydrogen) atoms. The molecule has 0 aliphatic carbocycles. The fourth-order valence-electron chi connectivity index (χ4n) is 1.80. The summed E-state index contributed by atoms with van der Waals surface area (Å²) in [4.78, 5) is 0. The molecule has 1 N–H and O–H groups in total. The predicted molar refractivity (Wildman–Crippen MR) is 79.4 cm³/mol. The molecule has 0 aromatic rings. The Hall–Kier alpha value is -0.560. The van der Waals surface area contributed by atoms with Crippen LogP contribution in [0.25, 0.3) is 0 Å². The molecule has 0 amide bonds. The normalized spacial score (nSPS) is 11.1. The average molecular weight is 237 g/mol. The van der Waals surface area contributed by atoms with E-state index in [9.17, 15) is 0 Å². The Morgan fingerprint density at radius 2 is 1.65 bits per heavy atom. The van der Waals surface area contributed by atoms with Gasteiger partial charge in [-0.15, -0.1) is 6.58 Å². The molecule has 0 aromatic heterocycles. The first-order chi connectivity index (χ1) is 8.41. The van der Waals surface area contributed by atoms with Gasteiger partial charge in [-0.25, -0.2) is 0 Å². The molecule has 0 bridgehead atoms. The van der Waals surface area contributed by atoms with Crippen LogP contribution in [0.2, 0.25) is 0 Å². The quantitative estimate of drug-likeness (QED) is 0.357. The largest absolute Gasteiger partial charge is 0.313 e. The summed E-state index contributed by atoms with van der Waals surface area (Å²) >= 11 is 0. The van der Waals surface area contributed by atoms with E-state index < -0.39 is 0 Å². The van der Waals surface area contributed by atoms with E-state index in [0.29, 0.717) is 0 Å². The molecule has 0 unspecified atom stereocenters. The molecule has 0 aliphatic heterocycles. The van der Waals surface area contributed by atoms with Crippen LogP contribution >= 0.6 is 0 Å². The van der Waals surface area contributed by atoms with Gasteiger partial charge in [0.15, 0.2) is 0 Å². The van der Waals surface area contributed by atoms with Gasteiger partial charge in [-0.1, -0.05) is 57.3 Å². The van der Waals surface area contributed by atoms with Crippen LogP contribution in [0.15, 0.2) is 24.8 Å². The second kappa shape index (κ2) is 15.4. The zero-order chi connectivity index (χ0) is 12.6. The minimum atomic E-state index is 1.03. The van der Waals surface area contributed by atoms with Crippen LogP contribution in [0.5, 0.6) is 0 Å². The summed E-state index contributed by atoms with van der Waals surface area (Å²) in [6.45, 7) is 8.19. The molecule has 1 nitrogen and oxygen atoms in total. The Morgan fingerprint density at radius 3 is 2.41 bits per heavy atom. The van der Waals surface area contributed by atoms with Crippen molar-refractivity contribution in [2.45, 2.75) is 64.7 Å². The summed E-state index contributed by atoms with van der Waals surface area (Å²) in [5.41, 5.74) is 0. The molecule has 0 saturated carbocycles. The Bertz CT molecular complexity index is 172. The summed E-state index contributed by atoms with van der Waals surface area (Å²) in [6, 6.07) is 0. The van der Waals surface area contributed by atoms with E-state index in [0.717, 1.165) is 13.0 Å². The van der Waals surface area contributed by atoms with Gasteiger partial charge in [0.25, 0.3) is 0 Å². The van der Waals surface area contributed by atoms with E-state index >= 15 is 0 Å². The van der Waals surface area contributed by atoms with Gasteiger partial charge in [-0.3, -0.25) is 0 Å². The van der Waals surface area contributed by atoms with E-state index in [1.165, 1.54) is 57.9 Å². The maximum atomic E-state index is 3.72. The first-order valence-electron chi connectivity index (χ1n) is 7.38. The Kier molecular flexibility index (Phi) is 14.9. The van der Waals surface area contributed by atoms with Crippen molar-refractivity contribution in [1.82, 2.24) is 5.32 Å². The Balaban J connectivity index is 3.00. The molecule has 1 heteroatoms. The molecular weight excluding hydrogens is 206 g/mol. The summed E-state index contributed by atoms with van der Waals surface area (Å²) < 4.78 is 0. The average Bonchev–Trinajstić information content (AvgIpc) is 2.35. The zero-order valence-corrected chi connectivity index (χ0v) is 11.7. The van der Waals surface area contributed by atoms with Crippen LogP contribution in [0.3, 0.4) is 0 Å². The van der Waals surface area contributed by atoms with E-state index in [1.54, 1.807) is 0 Å². The fourth-order valence-corrected chi connectivity index (χ4v) is 1.80. The third-order valence-electron chi connectivity index (χ3n) is 2.92. The highest BCUT2D eigenvalue weighted by atomic mass is 14.8. The first kappa shape index (κ1) is 16.4. The van der Waals surface area contributed by atoms with Crippen molar-refractivity contribution in [2.24, 2.45) is 0 Å². The maximum absolute atomic E-state index is 3.72. The molecule has 0 rings (SSSR count). The molecule has 0 spiro atoms. The molecule has 0 radical (unpaired) electrons. The van der Waals surface area contributed by atoms with Gasteiger partial charge in [0.1, 0.15) is 0 Å². The van der Waals surface area contributed by atoms with Crippen molar-refractivity contribution < 1.29 is 0 Å². The number of allylic oxidation sites excluding steroid dienone is 2. The van der Waals surface area contributed by atoms with Gasteiger partial charge in [0.2, 0.25) is 0 Å². The van der Waals surface area contributed by atoms with Crippen molar-refractivity contribution in [3.05, 3.63) is 24.8 Å². The number of hydrogen-bond acceptors (Lipinski definition) is 1. The second-order valence-electron chi connectivity index (χ2n) is 4.66. The molecule has 0 atom stereocenters.